The third kappa shape index (κ3) is 1.62. The van der Waals surface area contributed by atoms with Crippen LogP contribution in [0.15, 0.2) is 18.2 Å². The van der Waals surface area contributed by atoms with Gasteiger partial charge in [0.2, 0.25) is 0 Å². The van der Waals surface area contributed by atoms with Gasteiger partial charge in [0.1, 0.15) is 11.6 Å². The highest BCUT2D eigenvalue weighted by Crippen LogP contribution is 2.27. The van der Waals surface area contributed by atoms with Gasteiger partial charge in [0, 0.05) is 10.9 Å². The van der Waals surface area contributed by atoms with Crippen LogP contribution in [-0.4, -0.2) is 4.98 Å². The zero-order valence-electron chi connectivity index (χ0n) is 9.71. The predicted octanol–water partition coefficient (Wildman–Crippen LogP) is 3.39. The summed E-state index contributed by atoms with van der Waals surface area (Å²) >= 11 is 0. The summed E-state index contributed by atoms with van der Waals surface area (Å²) in [5.41, 5.74) is 8.10. The van der Waals surface area contributed by atoms with E-state index < -0.39 is 0 Å². The van der Waals surface area contributed by atoms with Crippen LogP contribution < -0.4 is 5.73 Å². The molecule has 2 N–H and O–H groups in total. The minimum atomic E-state index is -0.239. The maximum absolute atomic E-state index is 13.4. The van der Waals surface area contributed by atoms with Gasteiger partial charge in [0.25, 0.3) is 0 Å². The third-order valence-corrected chi connectivity index (χ3v) is 2.86. The highest BCUT2D eigenvalue weighted by Gasteiger charge is 2.10. The molecule has 0 atom stereocenters. The molecule has 0 amide bonds. The number of rotatable bonds is 1. The van der Waals surface area contributed by atoms with Crippen molar-refractivity contribution in [3.05, 3.63) is 35.1 Å². The molecule has 1 heterocycles. The van der Waals surface area contributed by atoms with Crippen LogP contribution in [0.2, 0.25) is 0 Å². The molecule has 2 aromatic rings. The van der Waals surface area contributed by atoms with Crippen LogP contribution in [0.4, 0.5) is 10.2 Å². The number of fused-ring (bicyclic) bond motifs is 1. The van der Waals surface area contributed by atoms with Gasteiger partial charge in [-0.1, -0.05) is 13.8 Å². The number of hydrogen-bond donors (Lipinski definition) is 1. The number of halogens is 1. The van der Waals surface area contributed by atoms with Crippen LogP contribution in [0.3, 0.4) is 0 Å². The molecular weight excluding hydrogens is 203 g/mol. The zero-order chi connectivity index (χ0) is 11.9. The van der Waals surface area contributed by atoms with E-state index in [-0.39, 0.29) is 5.82 Å². The molecule has 2 nitrogen and oxygen atoms in total. The zero-order valence-corrected chi connectivity index (χ0v) is 9.71. The van der Waals surface area contributed by atoms with Gasteiger partial charge >= 0.3 is 0 Å². The van der Waals surface area contributed by atoms with Gasteiger partial charge in [-0.25, -0.2) is 9.37 Å². The van der Waals surface area contributed by atoms with Crippen molar-refractivity contribution in [1.29, 1.82) is 0 Å². The number of aryl methyl sites for hydroxylation is 1. The molecule has 84 valence electrons. The summed E-state index contributed by atoms with van der Waals surface area (Å²) < 4.78 is 13.4. The smallest absolute Gasteiger partial charge is 0.128 e. The van der Waals surface area contributed by atoms with Crippen LogP contribution in [-0.2, 0) is 0 Å². The van der Waals surface area contributed by atoms with Gasteiger partial charge < -0.3 is 5.73 Å². The number of aromatic nitrogens is 1. The van der Waals surface area contributed by atoms with Gasteiger partial charge in [-0.2, -0.15) is 0 Å². The summed E-state index contributed by atoms with van der Waals surface area (Å²) in [5, 5.41) is 0.941. The molecule has 3 heteroatoms. The topological polar surface area (TPSA) is 38.9 Å². The van der Waals surface area contributed by atoms with Crippen LogP contribution in [0.25, 0.3) is 10.9 Å². The lowest BCUT2D eigenvalue weighted by atomic mass is 10.0. The van der Waals surface area contributed by atoms with E-state index in [0.29, 0.717) is 22.8 Å². The fourth-order valence-electron chi connectivity index (χ4n) is 1.85. The molecule has 1 aromatic heterocycles. The number of nitrogens with zero attached hydrogens (tertiary/aromatic N) is 1. The van der Waals surface area contributed by atoms with Crippen molar-refractivity contribution in [3.63, 3.8) is 0 Å². The van der Waals surface area contributed by atoms with E-state index in [2.05, 4.69) is 18.8 Å². The Labute approximate surface area is 94.3 Å². The Morgan fingerprint density at radius 1 is 1.31 bits per heavy atom. The van der Waals surface area contributed by atoms with Gasteiger partial charge in [-0.3, -0.25) is 0 Å². The van der Waals surface area contributed by atoms with E-state index in [1.54, 1.807) is 13.0 Å². The Bertz CT molecular complexity index is 547. The first-order valence-corrected chi connectivity index (χ1v) is 5.36. The van der Waals surface area contributed by atoms with Crippen molar-refractivity contribution in [1.82, 2.24) is 4.98 Å². The van der Waals surface area contributed by atoms with Gasteiger partial charge in [-0.05, 0) is 36.6 Å². The fourth-order valence-corrected chi connectivity index (χ4v) is 1.85. The molecule has 0 aliphatic carbocycles. The molecule has 0 bridgehead atoms. The highest BCUT2D eigenvalue weighted by atomic mass is 19.1. The summed E-state index contributed by atoms with van der Waals surface area (Å²) in [6, 6.07) is 5.21. The second-order valence-corrected chi connectivity index (χ2v) is 4.36. The highest BCUT2D eigenvalue weighted by molar-refractivity contribution is 5.84. The van der Waals surface area contributed by atoms with Gasteiger partial charge in [0.05, 0.1) is 5.52 Å². The molecule has 2 rings (SSSR count). The fraction of sp³-hybridized carbons (Fsp3) is 0.308. The molecule has 0 spiro atoms. The Morgan fingerprint density at radius 2 is 2.00 bits per heavy atom. The van der Waals surface area contributed by atoms with E-state index in [0.717, 1.165) is 10.9 Å². The van der Waals surface area contributed by atoms with Gasteiger partial charge in [0.15, 0.2) is 0 Å². The van der Waals surface area contributed by atoms with Crippen molar-refractivity contribution in [2.45, 2.75) is 26.7 Å². The summed E-state index contributed by atoms with van der Waals surface area (Å²) in [5.74, 6) is 0.579. The quantitative estimate of drug-likeness (QED) is 0.796. The Balaban J connectivity index is 2.79. The number of benzene rings is 1. The third-order valence-electron chi connectivity index (χ3n) is 2.86. The summed E-state index contributed by atoms with van der Waals surface area (Å²) in [6.45, 7) is 5.85. The number of anilines is 1. The molecular formula is C13H15FN2. The average Bonchev–Trinajstić information content (AvgIpc) is 2.23. The normalized spacial score (nSPS) is 11.3. The van der Waals surface area contributed by atoms with E-state index in [1.165, 1.54) is 6.07 Å². The maximum atomic E-state index is 13.4. The lowest BCUT2D eigenvalue weighted by molar-refractivity contribution is 0.620. The van der Waals surface area contributed by atoms with E-state index in [4.69, 9.17) is 5.73 Å². The molecule has 0 saturated heterocycles. The Hall–Kier alpha value is -1.64. The van der Waals surface area contributed by atoms with Crippen LogP contribution >= 0.6 is 0 Å². The largest absolute Gasteiger partial charge is 0.383 e. The summed E-state index contributed by atoms with van der Waals surface area (Å²) in [6.07, 6.45) is 0. The average molecular weight is 218 g/mol. The van der Waals surface area contributed by atoms with Crippen molar-refractivity contribution < 1.29 is 4.39 Å². The van der Waals surface area contributed by atoms with Gasteiger partial charge in [-0.15, -0.1) is 0 Å². The molecule has 1 aromatic carbocycles. The summed E-state index contributed by atoms with van der Waals surface area (Å²) in [4.78, 5) is 4.30. The molecule has 0 fully saturated rings. The monoisotopic (exact) mass is 218 g/mol. The molecule has 0 aliphatic rings. The second-order valence-electron chi connectivity index (χ2n) is 4.36. The van der Waals surface area contributed by atoms with E-state index >= 15 is 0 Å². The van der Waals surface area contributed by atoms with Crippen LogP contribution in [0.5, 0.6) is 0 Å². The minimum Gasteiger partial charge on any atom is -0.383 e. The summed E-state index contributed by atoms with van der Waals surface area (Å²) in [7, 11) is 0. The van der Waals surface area contributed by atoms with E-state index in [9.17, 15) is 4.39 Å². The first kappa shape index (κ1) is 10.9. The number of hydrogen-bond acceptors (Lipinski definition) is 2. The molecule has 16 heavy (non-hydrogen) atoms. The maximum Gasteiger partial charge on any atom is 0.128 e. The molecule has 0 saturated carbocycles. The molecule has 0 unspecified atom stereocenters. The van der Waals surface area contributed by atoms with Crippen molar-refractivity contribution in [3.8, 4) is 0 Å². The van der Waals surface area contributed by atoms with Crippen LogP contribution in [0.1, 0.15) is 30.9 Å². The van der Waals surface area contributed by atoms with Crippen LogP contribution in [0, 0.1) is 12.7 Å². The molecule has 0 aliphatic heterocycles. The standard InChI is InChI=1S/C13H15FN2/c1-7(2)10-6-9-4-5-11(14)8(3)12(9)16-13(10)15/h4-7H,1-3H3,(H2,15,16). The SMILES string of the molecule is Cc1c(F)ccc2cc(C(C)C)c(N)nc12. The van der Waals surface area contributed by atoms with Crippen molar-refractivity contribution in [2.75, 3.05) is 5.73 Å². The Morgan fingerprint density at radius 3 is 2.62 bits per heavy atom. The number of nitrogen functional groups attached to an aromatic ring is 1. The first-order valence-electron chi connectivity index (χ1n) is 5.36. The lowest BCUT2D eigenvalue weighted by Crippen LogP contribution is -2.01. The van der Waals surface area contributed by atoms with Crippen molar-refractivity contribution in [2.24, 2.45) is 0 Å². The Kier molecular flexibility index (Phi) is 2.54. The minimum absolute atomic E-state index is 0.239. The number of pyridine rings is 1. The number of nitrogens with two attached hydrogens (primary N) is 1. The molecule has 0 radical (unpaired) electrons. The van der Waals surface area contributed by atoms with Crippen molar-refractivity contribution >= 4 is 16.7 Å². The first-order chi connectivity index (χ1) is 7.50. The second kappa shape index (κ2) is 3.74. The van der Waals surface area contributed by atoms with E-state index in [1.807, 2.05) is 6.07 Å². The lowest BCUT2D eigenvalue weighted by Gasteiger charge is -2.11. The predicted molar refractivity (Wildman–Crippen MR) is 64.9 cm³/mol.